The van der Waals surface area contributed by atoms with Crippen LogP contribution in [0, 0.1) is 17.5 Å². The van der Waals surface area contributed by atoms with Gasteiger partial charge in [0.25, 0.3) is 5.91 Å². The molecule has 25 heavy (non-hydrogen) atoms. The number of hydrogen-bond donors (Lipinski definition) is 3. The monoisotopic (exact) mass is 405 g/mol. The fourth-order valence-corrected chi connectivity index (χ4v) is 3.19. The SMILES string of the molecule is NS/C(Sc1ccc(Cl)cc1)=C(\N)C(=O)Nc1cc(F)c(F)c(F)c1. The Morgan fingerprint density at radius 2 is 1.64 bits per heavy atom. The molecule has 2 aromatic carbocycles. The Kier molecular flexibility index (Phi) is 6.65. The number of amides is 1. The lowest BCUT2D eigenvalue weighted by Gasteiger charge is -2.10. The van der Waals surface area contributed by atoms with Crippen LogP contribution in [0.5, 0.6) is 0 Å². The van der Waals surface area contributed by atoms with Gasteiger partial charge in [0.1, 0.15) is 5.70 Å². The fraction of sp³-hybridized carbons (Fsp3) is 0. The first-order valence-electron chi connectivity index (χ1n) is 6.57. The quantitative estimate of drug-likeness (QED) is 0.300. The molecular formula is C15H11ClF3N3OS2. The van der Waals surface area contributed by atoms with Crippen molar-refractivity contribution in [3.8, 4) is 0 Å². The highest BCUT2D eigenvalue weighted by atomic mass is 35.5. The molecule has 0 fully saturated rings. The van der Waals surface area contributed by atoms with E-state index in [9.17, 15) is 18.0 Å². The highest BCUT2D eigenvalue weighted by molar-refractivity contribution is 8.21. The number of benzene rings is 2. The van der Waals surface area contributed by atoms with E-state index in [4.69, 9.17) is 22.5 Å². The standard InChI is InChI=1S/C15H11ClF3N3OS2/c16-7-1-3-9(4-2-7)24-15(25-21)13(20)14(23)22-8-5-10(17)12(19)11(18)6-8/h1-6H,20-21H2,(H,22,23)/b15-13-. The Hall–Kier alpha value is -1.81. The van der Waals surface area contributed by atoms with Gasteiger partial charge in [0.05, 0.1) is 4.24 Å². The summed E-state index contributed by atoms with van der Waals surface area (Å²) in [5.41, 5.74) is 5.23. The molecule has 0 radical (unpaired) electrons. The maximum Gasteiger partial charge on any atom is 0.273 e. The van der Waals surface area contributed by atoms with Crippen LogP contribution >= 0.6 is 35.3 Å². The van der Waals surface area contributed by atoms with Crippen LogP contribution in [0.1, 0.15) is 0 Å². The molecule has 10 heteroatoms. The molecule has 5 N–H and O–H groups in total. The zero-order valence-corrected chi connectivity index (χ0v) is 14.7. The fourth-order valence-electron chi connectivity index (χ4n) is 1.67. The topological polar surface area (TPSA) is 81.1 Å². The predicted octanol–water partition coefficient (Wildman–Crippen LogP) is 4.22. The molecule has 1 amide bonds. The van der Waals surface area contributed by atoms with Crippen LogP contribution in [0.4, 0.5) is 18.9 Å². The summed E-state index contributed by atoms with van der Waals surface area (Å²) in [5.74, 6) is -5.32. The van der Waals surface area contributed by atoms with Gasteiger partial charge in [-0.1, -0.05) is 23.4 Å². The van der Waals surface area contributed by atoms with Gasteiger partial charge in [0.15, 0.2) is 17.5 Å². The molecule has 132 valence electrons. The Balaban J connectivity index is 2.20. The first-order valence-corrected chi connectivity index (χ1v) is 8.65. The van der Waals surface area contributed by atoms with E-state index in [-0.39, 0.29) is 15.6 Å². The van der Waals surface area contributed by atoms with Crippen LogP contribution in [0.25, 0.3) is 0 Å². The molecule has 0 aromatic heterocycles. The molecule has 0 aliphatic carbocycles. The van der Waals surface area contributed by atoms with Crippen LogP contribution in [0.3, 0.4) is 0 Å². The van der Waals surface area contributed by atoms with Crippen molar-refractivity contribution in [3.05, 3.63) is 68.8 Å². The molecule has 0 saturated heterocycles. The van der Waals surface area contributed by atoms with Gasteiger partial charge in [-0.2, -0.15) is 0 Å². The number of hydrogen-bond acceptors (Lipinski definition) is 5. The normalized spacial score (nSPS) is 11.9. The lowest BCUT2D eigenvalue weighted by Crippen LogP contribution is -2.21. The van der Waals surface area contributed by atoms with Gasteiger partial charge in [-0.25, -0.2) is 13.2 Å². The van der Waals surface area contributed by atoms with E-state index < -0.39 is 23.4 Å². The number of thioether (sulfide) groups is 1. The third-order valence-corrected chi connectivity index (χ3v) is 4.98. The molecule has 0 heterocycles. The molecule has 2 aromatic rings. The summed E-state index contributed by atoms with van der Waals surface area (Å²) in [4.78, 5) is 12.9. The molecule has 0 saturated carbocycles. The number of carbonyl (C=O) groups excluding carboxylic acids is 1. The van der Waals surface area contributed by atoms with Crippen molar-refractivity contribution < 1.29 is 18.0 Å². The molecule has 0 atom stereocenters. The first kappa shape index (κ1) is 19.5. The Morgan fingerprint density at radius 3 is 2.16 bits per heavy atom. The number of nitrogens with one attached hydrogen (secondary N) is 1. The largest absolute Gasteiger partial charge is 0.393 e. The minimum atomic E-state index is -1.63. The molecule has 2 rings (SSSR count). The van der Waals surface area contributed by atoms with Crippen LogP contribution < -0.4 is 16.2 Å². The third-order valence-electron chi connectivity index (χ3n) is 2.84. The van der Waals surface area contributed by atoms with Gasteiger partial charge in [-0.3, -0.25) is 9.93 Å². The second-order valence-corrected chi connectivity index (χ2v) is 7.01. The summed E-state index contributed by atoms with van der Waals surface area (Å²) in [5, 5.41) is 8.26. The van der Waals surface area contributed by atoms with Crippen LogP contribution in [0.2, 0.25) is 5.02 Å². The van der Waals surface area contributed by atoms with Gasteiger partial charge in [0.2, 0.25) is 0 Å². The number of halogens is 4. The molecule has 0 aliphatic heterocycles. The van der Waals surface area contributed by atoms with Crippen molar-refractivity contribution in [2.45, 2.75) is 4.90 Å². The van der Waals surface area contributed by atoms with E-state index in [2.05, 4.69) is 5.32 Å². The van der Waals surface area contributed by atoms with Gasteiger partial charge < -0.3 is 11.1 Å². The molecule has 0 bridgehead atoms. The predicted molar refractivity (Wildman–Crippen MR) is 95.2 cm³/mol. The van der Waals surface area contributed by atoms with Crippen molar-refractivity contribution in [2.24, 2.45) is 10.9 Å². The highest BCUT2D eigenvalue weighted by Gasteiger charge is 2.16. The number of carbonyl (C=O) groups is 1. The third kappa shape index (κ3) is 5.08. The van der Waals surface area contributed by atoms with E-state index in [1.54, 1.807) is 24.3 Å². The minimum Gasteiger partial charge on any atom is -0.393 e. The van der Waals surface area contributed by atoms with Crippen molar-refractivity contribution in [3.63, 3.8) is 0 Å². The Morgan fingerprint density at radius 1 is 1.08 bits per heavy atom. The summed E-state index contributed by atoms with van der Waals surface area (Å²) in [7, 11) is 0. The minimum absolute atomic E-state index is 0.252. The smallest absolute Gasteiger partial charge is 0.273 e. The van der Waals surface area contributed by atoms with E-state index in [0.717, 1.165) is 28.6 Å². The Bertz CT molecular complexity index is 808. The van der Waals surface area contributed by atoms with Gasteiger partial charge in [0, 0.05) is 27.7 Å². The highest BCUT2D eigenvalue weighted by Crippen LogP contribution is 2.34. The maximum absolute atomic E-state index is 13.2. The van der Waals surface area contributed by atoms with Gasteiger partial charge >= 0.3 is 0 Å². The lowest BCUT2D eigenvalue weighted by atomic mass is 10.2. The second kappa shape index (κ2) is 8.52. The molecule has 0 aliphatic rings. The van der Waals surface area contributed by atoms with Crippen molar-refractivity contribution >= 4 is 46.9 Å². The van der Waals surface area contributed by atoms with Crippen LogP contribution in [-0.4, -0.2) is 5.91 Å². The van der Waals surface area contributed by atoms with Crippen LogP contribution in [-0.2, 0) is 4.79 Å². The summed E-state index contributed by atoms with van der Waals surface area (Å²) >= 11 is 7.65. The van der Waals surface area contributed by atoms with Crippen LogP contribution in [0.15, 0.2) is 51.2 Å². The molecular weight excluding hydrogens is 395 g/mol. The maximum atomic E-state index is 13.2. The summed E-state index contributed by atoms with van der Waals surface area (Å²) < 4.78 is 39.6. The average molecular weight is 406 g/mol. The zero-order valence-electron chi connectivity index (χ0n) is 12.4. The van der Waals surface area contributed by atoms with Gasteiger partial charge in [-0.05, 0) is 36.2 Å². The summed E-state index contributed by atoms with van der Waals surface area (Å²) in [6.07, 6.45) is 0. The van der Waals surface area contributed by atoms with Crippen molar-refractivity contribution in [2.75, 3.05) is 5.32 Å². The van der Waals surface area contributed by atoms with Crippen molar-refractivity contribution in [1.29, 1.82) is 0 Å². The lowest BCUT2D eigenvalue weighted by molar-refractivity contribution is -0.112. The second-order valence-electron chi connectivity index (χ2n) is 4.58. The van der Waals surface area contributed by atoms with E-state index in [1.165, 1.54) is 0 Å². The van der Waals surface area contributed by atoms with E-state index >= 15 is 0 Å². The molecule has 4 nitrogen and oxygen atoms in total. The first-order chi connectivity index (χ1) is 11.8. The zero-order chi connectivity index (χ0) is 18.6. The van der Waals surface area contributed by atoms with Crippen molar-refractivity contribution in [1.82, 2.24) is 0 Å². The number of anilines is 1. The molecule has 0 spiro atoms. The number of nitrogens with two attached hydrogens (primary N) is 2. The van der Waals surface area contributed by atoms with E-state index in [0.29, 0.717) is 17.2 Å². The van der Waals surface area contributed by atoms with Gasteiger partial charge in [-0.15, -0.1) is 0 Å². The summed E-state index contributed by atoms with van der Waals surface area (Å²) in [6, 6.07) is 8.01. The molecule has 0 unspecified atom stereocenters. The Labute approximate surface area is 154 Å². The summed E-state index contributed by atoms with van der Waals surface area (Å²) in [6.45, 7) is 0. The average Bonchev–Trinajstić information content (AvgIpc) is 2.58. The number of rotatable bonds is 5. The van der Waals surface area contributed by atoms with E-state index in [1.807, 2.05) is 0 Å².